The van der Waals surface area contributed by atoms with Crippen molar-refractivity contribution in [2.45, 2.75) is 66.5 Å². The molecular formula is C24H31N5O2. The van der Waals surface area contributed by atoms with Crippen molar-refractivity contribution in [3.05, 3.63) is 52.8 Å². The van der Waals surface area contributed by atoms with Gasteiger partial charge in [0.25, 0.3) is 5.91 Å². The summed E-state index contributed by atoms with van der Waals surface area (Å²) in [6.07, 6.45) is 0. The van der Waals surface area contributed by atoms with Crippen molar-refractivity contribution in [3.8, 4) is 0 Å². The largest absolute Gasteiger partial charge is 0.348 e. The summed E-state index contributed by atoms with van der Waals surface area (Å²) in [6, 6.07) is 9.29. The van der Waals surface area contributed by atoms with Crippen molar-refractivity contribution in [3.63, 3.8) is 0 Å². The maximum Gasteiger partial charge on any atom is 0.252 e. The highest BCUT2D eigenvalue weighted by Gasteiger charge is 2.25. The molecule has 2 amide bonds. The lowest BCUT2D eigenvalue weighted by Gasteiger charge is -2.20. The molecule has 0 aliphatic carbocycles. The Kier molecular flexibility index (Phi) is 6.15. The maximum absolute atomic E-state index is 13.2. The van der Waals surface area contributed by atoms with E-state index < -0.39 is 0 Å². The van der Waals surface area contributed by atoms with E-state index in [9.17, 15) is 9.59 Å². The van der Waals surface area contributed by atoms with Crippen LogP contribution >= 0.6 is 0 Å². The maximum atomic E-state index is 13.2. The molecule has 3 aromatic rings. The number of fused-ring (bicyclic) bond motifs is 1. The Balaban J connectivity index is 1.93. The van der Waals surface area contributed by atoms with E-state index in [4.69, 9.17) is 10.1 Å². The van der Waals surface area contributed by atoms with Gasteiger partial charge in [-0.15, -0.1) is 0 Å². The first kappa shape index (κ1) is 22.5. The molecule has 2 heterocycles. The number of benzene rings is 1. The van der Waals surface area contributed by atoms with Crippen molar-refractivity contribution in [1.29, 1.82) is 0 Å². The number of nitrogens with one attached hydrogen (secondary N) is 2. The zero-order valence-electron chi connectivity index (χ0n) is 19.3. The summed E-state index contributed by atoms with van der Waals surface area (Å²) in [5.74, 6) is -0.0902. The van der Waals surface area contributed by atoms with E-state index in [1.165, 1.54) is 6.92 Å². The monoisotopic (exact) mass is 421 g/mol. The van der Waals surface area contributed by atoms with Gasteiger partial charge in [0.1, 0.15) is 0 Å². The fraction of sp³-hybridized carbons (Fsp3) is 0.417. The second kappa shape index (κ2) is 8.49. The predicted molar refractivity (Wildman–Crippen MR) is 123 cm³/mol. The Hall–Kier alpha value is -3.22. The number of aryl methyl sites for hydroxylation is 1. The van der Waals surface area contributed by atoms with E-state index in [1.807, 2.05) is 41.9 Å². The summed E-state index contributed by atoms with van der Waals surface area (Å²) < 4.78 is 1.90. The molecule has 0 saturated heterocycles. The van der Waals surface area contributed by atoms with Crippen LogP contribution in [0.2, 0.25) is 0 Å². The van der Waals surface area contributed by atoms with Gasteiger partial charge in [0, 0.05) is 24.8 Å². The highest BCUT2D eigenvalue weighted by Crippen LogP contribution is 2.29. The van der Waals surface area contributed by atoms with Crippen LogP contribution in [-0.4, -0.2) is 26.6 Å². The van der Waals surface area contributed by atoms with Gasteiger partial charge in [0.2, 0.25) is 5.91 Å². The van der Waals surface area contributed by atoms with Crippen LogP contribution in [0.1, 0.15) is 74.8 Å². The quantitative estimate of drug-likeness (QED) is 0.634. The molecule has 2 N–H and O–H groups in total. The molecule has 31 heavy (non-hydrogen) atoms. The molecule has 3 rings (SSSR count). The van der Waals surface area contributed by atoms with Gasteiger partial charge in [-0.2, -0.15) is 5.10 Å². The fourth-order valence-corrected chi connectivity index (χ4v) is 3.44. The third-order valence-electron chi connectivity index (χ3n) is 5.03. The molecule has 164 valence electrons. The molecule has 7 nitrogen and oxygen atoms in total. The van der Waals surface area contributed by atoms with Crippen LogP contribution in [0.5, 0.6) is 0 Å². The molecular weight excluding hydrogens is 390 g/mol. The van der Waals surface area contributed by atoms with Crippen molar-refractivity contribution in [1.82, 2.24) is 20.1 Å². The van der Waals surface area contributed by atoms with E-state index in [-0.39, 0.29) is 23.3 Å². The summed E-state index contributed by atoms with van der Waals surface area (Å²) in [7, 11) is 0. The lowest BCUT2D eigenvalue weighted by atomic mass is 10.0. The molecule has 0 fully saturated rings. The number of carbonyl (C=O) groups excluding carboxylic acids is 2. The van der Waals surface area contributed by atoms with Gasteiger partial charge < -0.3 is 10.6 Å². The number of aromatic nitrogens is 3. The smallest absolute Gasteiger partial charge is 0.252 e. The normalized spacial score (nSPS) is 11.7. The minimum absolute atomic E-state index is 0.116. The van der Waals surface area contributed by atoms with Gasteiger partial charge in [0.05, 0.1) is 22.2 Å². The van der Waals surface area contributed by atoms with Crippen LogP contribution in [0.4, 0.5) is 5.69 Å². The molecule has 0 radical (unpaired) electrons. The van der Waals surface area contributed by atoms with Crippen LogP contribution in [-0.2, 0) is 16.9 Å². The molecule has 0 unspecified atom stereocenters. The number of amides is 2. The Labute approximate surface area is 183 Å². The average Bonchev–Trinajstić information content (AvgIpc) is 3.03. The van der Waals surface area contributed by atoms with Crippen molar-refractivity contribution in [2.24, 2.45) is 0 Å². The number of hydrogen-bond acceptors (Lipinski definition) is 4. The van der Waals surface area contributed by atoms with Gasteiger partial charge in [-0.05, 0) is 57.4 Å². The Morgan fingerprint density at radius 1 is 1.13 bits per heavy atom. The van der Waals surface area contributed by atoms with Crippen molar-refractivity contribution >= 4 is 28.5 Å². The Morgan fingerprint density at radius 3 is 2.32 bits per heavy atom. The lowest BCUT2D eigenvalue weighted by Crippen LogP contribution is -2.25. The molecule has 0 atom stereocenters. The third kappa shape index (κ3) is 4.93. The van der Waals surface area contributed by atoms with Crippen molar-refractivity contribution in [2.75, 3.05) is 5.32 Å². The first-order valence-corrected chi connectivity index (χ1v) is 10.5. The van der Waals surface area contributed by atoms with Gasteiger partial charge >= 0.3 is 0 Å². The SMILES string of the molecule is CC(=O)Nc1ccc(CNC(=O)c2cc(C(C)C)nc3c2c(C)nn3C(C)(C)C)cc1. The summed E-state index contributed by atoms with van der Waals surface area (Å²) in [5.41, 5.74) is 4.40. The average molecular weight is 422 g/mol. The van der Waals surface area contributed by atoms with E-state index in [0.717, 1.165) is 33.7 Å². The van der Waals surface area contributed by atoms with Crippen LogP contribution < -0.4 is 10.6 Å². The van der Waals surface area contributed by atoms with Gasteiger partial charge in [0.15, 0.2) is 5.65 Å². The van der Waals surface area contributed by atoms with Crippen LogP contribution in [0.15, 0.2) is 30.3 Å². The van der Waals surface area contributed by atoms with E-state index in [0.29, 0.717) is 12.1 Å². The van der Waals surface area contributed by atoms with E-state index in [2.05, 4.69) is 45.3 Å². The number of pyridine rings is 1. The minimum atomic E-state index is -0.251. The molecule has 0 spiro atoms. The number of rotatable bonds is 5. The summed E-state index contributed by atoms with van der Waals surface area (Å²) >= 11 is 0. The number of anilines is 1. The fourth-order valence-electron chi connectivity index (χ4n) is 3.44. The van der Waals surface area contributed by atoms with Crippen molar-refractivity contribution < 1.29 is 9.59 Å². The minimum Gasteiger partial charge on any atom is -0.348 e. The summed E-state index contributed by atoms with van der Waals surface area (Å²) in [5, 5.41) is 11.2. The molecule has 2 aromatic heterocycles. The highest BCUT2D eigenvalue weighted by molar-refractivity contribution is 6.06. The first-order chi connectivity index (χ1) is 14.5. The van der Waals surface area contributed by atoms with Gasteiger partial charge in [-0.1, -0.05) is 26.0 Å². The highest BCUT2D eigenvalue weighted by atomic mass is 16.2. The summed E-state index contributed by atoms with van der Waals surface area (Å²) in [4.78, 5) is 29.2. The molecule has 0 bridgehead atoms. The van der Waals surface area contributed by atoms with E-state index >= 15 is 0 Å². The van der Waals surface area contributed by atoms with Gasteiger partial charge in [-0.25, -0.2) is 9.67 Å². The summed E-state index contributed by atoms with van der Waals surface area (Å²) in [6.45, 7) is 14.1. The zero-order valence-corrected chi connectivity index (χ0v) is 19.3. The van der Waals surface area contributed by atoms with Crippen LogP contribution in [0.25, 0.3) is 11.0 Å². The molecule has 0 aliphatic rings. The van der Waals surface area contributed by atoms with E-state index in [1.54, 1.807) is 0 Å². The molecule has 0 saturated carbocycles. The Bertz CT molecular complexity index is 1120. The third-order valence-corrected chi connectivity index (χ3v) is 5.03. The van der Waals surface area contributed by atoms with Crippen LogP contribution in [0, 0.1) is 6.92 Å². The molecule has 1 aromatic carbocycles. The number of hydrogen-bond donors (Lipinski definition) is 2. The second-order valence-corrected chi connectivity index (χ2v) is 9.18. The van der Waals surface area contributed by atoms with Crippen LogP contribution in [0.3, 0.4) is 0 Å². The predicted octanol–water partition coefficient (Wildman–Crippen LogP) is 4.51. The zero-order chi connectivity index (χ0) is 22.9. The first-order valence-electron chi connectivity index (χ1n) is 10.5. The molecule has 0 aliphatic heterocycles. The number of carbonyl (C=O) groups is 2. The number of nitrogens with zero attached hydrogens (tertiary/aromatic N) is 3. The Morgan fingerprint density at radius 2 is 1.77 bits per heavy atom. The topological polar surface area (TPSA) is 88.9 Å². The van der Waals surface area contributed by atoms with Gasteiger partial charge in [-0.3, -0.25) is 9.59 Å². The standard InChI is InChI=1S/C24H31N5O2/c1-14(2)20-12-19(21-15(3)28-29(22(21)27-20)24(5,6)7)23(31)25-13-17-8-10-18(11-9-17)26-16(4)30/h8-12,14H,13H2,1-7H3,(H,25,31)(H,26,30). The second-order valence-electron chi connectivity index (χ2n) is 9.18. The lowest BCUT2D eigenvalue weighted by molar-refractivity contribution is -0.114. The molecule has 7 heteroatoms.